The van der Waals surface area contributed by atoms with E-state index in [2.05, 4.69) is 40.4 Å². The average Bonchev–Trinajstić information content (AvgIpc) is 3.01. The molecule has 142 valence electrons. The molecule has 0 bridgehead atoms. The second-order valence-corrected chi connectivity index (χ2v) is 7.17. The number of likely N-dealkylation sites (tertiary alicyclic amines) is 1. The number of nitrogens with one attached hydrogen (secondary N) is 2. The Morgan fingerprint density at radius 1 is 1.23 bits per heavy atom. The summed E-state index contributed by atoms with van der Waals surface area (Å²) in [6.07, 6.45) is 3.85. The van der Waals surface area contributed by atoms with Crippen molar-refractivity contribution in [2.45, 2.75) is 39.7 Å². The van der Waals surface area contributed by atoms with Crippen molar-refractivity contribution in [3.05, 3.63) is 35.6 Å². The molecule has 0 amide bonds. The number of fused-ring (bicyclic) bond motifs is 1. The van der Waals surface area contributed by atoms with Gasteiger partial charge >= 0.3 is 0 Å². The number of para-hydroxylation sites is 1. The van der Waals surface area contributed by atoms with Crippen LogP contribution in [0.25, 0.3) is 11.0 Å². The molecule has 1 aliphatic rings. The molecule has 0 spiro atoms. The summed E-state index contributed by atoms with van der Waals surface area (Å²) in [7, 11) is 1.82. The van der Waals surface area contributed by atoms with Gasteiger partial charge in [-0.3, -0.25) is 4.99 Å². The van der Waals surface area contributed by atoms with Gasteiger partial charge in [-0.15, -0.1) is 0 Å². The quantitative estimate of drug-likeness (QED) is 0.614. The molecule has 0 atom stereocenters. The topological polar surface area (TPSA) is 52.8 Å². The van der Waals surface area contributed by atoms with Crippen LogP contribution in [0.2, 0.25) is 0 Å². The Morgan fingerprint density at radius 2 is 2.00 bits per heavy atom. The summed E-state index contributed by atoms with van der Waals surface area (Å²) in [6.45, 7) is 9.66. The highest BCUT2D eigenvalue weighted by Crippen LogP contribution is 2.24. The Bertz CT molecular complexity index is 729. The van der Waals surface area contributed by atoms with Gasteiger partial charge in [0.25, 0.3) is 0 Å². The van der Waals surface area contributed by atoms with E-state index < -0.39 is 0 Å². The number of piperidine rings is 1. The number of benzene rings is 1. The lowest BCUT2D eigenvalue weighted by atomic mass is 9.93. The Morgan fingerprint density at radius 3 is 2.69 bits per heavy atom. The molecule has 1 aromatic heterocycles. The predicted molar refractivity (Wildman–Crippen MR) is 109 cm³/mol. The first-order chi connectivity index (χ1) is 12.7. The van der Waals surface area contributed by atoms with Crippen molar-refractivity contribution >= 4 is 16.9 Å². The van der Waals surface area contributed by atoms with Gasteiger partial charge in [-0.25, -0.2) is 0 Å². The van der Waals surface area contributed by atoms with Gasteiger partial charge < -0.3 is 20.0 Å². The van der Waals surface area contributed by atoms with Crippen molar-refractivity contribution < 1.29 is 4.42 Å². The van der Waals surface area contributed by atoms with Crippen molar-refractivity contribution in [1.82, 2.24) is 15.5 Å². The summed E-state index contributed by atoms with van der Waals surface area (Å²) in [5.74, 6) is 2.65. The molecule has 1 aliphatic heterocycles. The van der Waals surface area contributed by atoms with Crippen LogP contribution in [0.4, 0.5) is 0 Å². The number of furan rings is 1. The van der Waals surface area contributed by atoms with Crippen molar-refractivity contribution in [2.24, 2.45) is 10.9 Å². The number of hydrogen-bond donors (Lipinski definition) is 2. The molecule has 3 rings (SSSR count). The molecule has 5 nitrogen and oxygen atoms in total. The van der Waals surface area contributed by atoms with Gasteiger partial charge in [0.2, 0.25) is 0 Å². The Balaban J connectivity index is 1.44. The molecule has 26 heavy (non-hydrogen) atoms. The van der Waals surface area contributed by atoms with Crippen molar-refractivity contribution in [3.63, 3.8) is 0 Å². The maximum absolute atomic E-state index is 5.96. The minimum Gasteiger partial charge on any atom is -0.459 e. The smallest absolute Gasteiger partial charge is 0.191 e. The molecule has 0 radical (unpaired) electrons. The minimum absolute atomic E-state index is 0.648. The SMILES string of the molecule is CCN1CCC(CCNC(=NC)NCc2oc3ccccc3c2C)CC1. The fourth-order valence-electron chi connectivity index (χ4n) is 3.76. The lowest BCUT2D eigenvalue weighted by Gasteiger charge is -2.31. The van der Waals surface area contributed by atoms with Gasteiger partial charge in [-0.05, 0) is 57.8 Å². The third-order valence-corrected chi connectivity index (χ3v) is 5.58. The van der Waals surface area contributed by atoms with Crippen molar-refractivity contribution in [2.75, 3.05) is 33.2 Å². The van der Waals surface area contributed by atoms with E-state index in [1.54, 1.807) is 0 Å². The fourth-order valence-corrected chi connectivity index (χ4v) is 3.76. The molecule has 2 aromatic rings. The zero-order chi connectivity index (χ0) is 18.4. The summed E-state index contributed by atoms with van der Waals surface area (Å²) in [4.78, 5) is 6.88. The summed E-state index contributed by atoms with van der Waals surface area (Å²) >= 11 is 0. The van der Waals surface area contributed by atoms with Crippen LogP contribution in [-0.4, -0.2) is 44.1 Å². The lowest BCUT2D eigenvalue weighted by molar-refractivity contribution is 0.187. The first-order valence-electron chi connectivity index (χ1n) is 9.85. The van der Waals surface area contributed by atoms with Crippen LogP contribution < -0.4 is 10.6 Å². The molecular weight excluding hydrogens is 324 g/mol. The second kappa shape index (κ2) is 9.08. The second-order valence-electron chi connectivity index (χ2n) is 7.17. The molecule has 0 saturated carbocycles. The Hall–Kier alpha value is -2.01. The third kappa shape index (κ3) is 4.58. The number of hydrogen-bond acceptors (Lipinski definition) is 3. The van der Waals surface area contributed by atoms with Gasteiger partial charge in [-0.2, -0.15) is 0 Å². The first kappa shape index (κ1) is 18.8. The fraction of sp³-hybridized carbons (Fsp3) is 0.571. The van der Waals surface area contributed by atoms with E-state index in [9.17, 15) is 0 Å². The molecule has 2 heterocycles. The Labute approximate surface area is 156 Å². The lowest BCUT2D eigenvalue weighted by Crippen LogP contribution is -2.39. The normalized spacial score (nSPS) is 17.0. The van der Waals surface area contributed by atoms with Gasteiger partial charge in [-0.1, -0.05) is 25.1 Å². The number of guanidine groups is 1. The van der Waals surface area contributed by atoms with E-state index >= 15 is 0 Å². The predicted octanol–water partition coefficient (Wildman–Crippen LogP) is 3.53. The number of aryl methyl sites for hydroxylation is 1. The molecule has 0 unspecified atom stereocenters. The van der Waals surface area contributed by atoms with E-state index in [-0.39, 0.29) is 0 Å². The molecule has 1 aromatic carbocycles. The number of nitrogens with zero attached hydrogens (tertiary/aromatic N) is 2. The van der Waals surface area contributed by atoms with Crippen molar-refractivity contribution in [1.29, 1.82) is 0 Å². The molecule has 2 N–H and O–H groups in total. The Kier molecular flexibility index (Phi) is 6.56. The maximum Gasteiger partial charge on any atom is 0.191 e. The van der Waals surface area contributed by atoms with Crippen molar-refractivity contribution in [3.8, 4) is 0 Å². The van der Waals surface area contributed by atoms with Gasteiger partial charge in [0.05, 0.1) is 6.54 Å². The van der Waals surface area contributed by atoms with Gasteiger partial charge in [0.15, 0.2) is 5.96 Å². The molecule has 0 aliphatic carbocycles. The highest BCUT2D eigenvalue weighted by Gasteiger charge is 2.17. The van der Waals surface area contributed by atoms with Crippen LogP contribution in [0.15, 0.2) is 33.7 Å². The largest absolute Gasteiger partial charge is 0.459 e. The van der Waals surface area contributed by atoms with E-state index in [1.807, 2.05) is 25.2 Å². The van der Waals surface area contributed by atoms with Crippen LogP contribution in [0.5, 0.6) is 0 Å². The average molecular weight is 357 g/mol. The highest BCUT2D eigenvalue weighted by atomic mass is 16.3. The van der Waals surface area contributed by atoms with Crippen LogP contribution in [0.3, 0.4) is 0 Å². The monoisotopic (exact) mass is 356 g/mol. The summed E-state index contributed by atoms with van der Waals surface area (Å²) in [6, 6.07) is 8.18. The van der Waals surface area contributed by atoms with Gasteiger partial charge in [0.1, 0.15) is 11.3 Å². The molecule has 1 saturated heterocycles. The summed E-state index contributed by atoms with van der Waals surface area (Å²) < 4.78 is 5.96. The van der Waals surface area contributed by atoms with E-state index in [0.29, 0.717) is 6.54 Å². The zero-order valence-electron chi connectivity index (χ0n) is 16.3. The van der Waals surface area contributed by atoms with E-state index in [1.165, 1.54) is 49.8 Å². The van der Waals surface area contributed by atoms with Crippen LogP contribution in [0, 0.1) is 12.8 Å². The molecular formula is C21H32N4O. The highest BCUT2D eigenvalue weighted by molar-refractivity contribution is 5.82. The van der Waals surface area contributed by atoms with Crippen LogP contribution in [0.1, 0.15) is 37.5 Å². The van der Waals surface area contributed by atoms with E-state index in [4.69, 9.17) is 4.42 Å². The summed E-state index contributed by atoms with van der Waals surface area (Å²) in [5, 5.41) is 8.01. The maximum atomic E-state index is 5.96. The van der Waals surface area contributed by atoms with Crippen LogP contribution in [-0.2, 0) is 6.54 Å². The molecule has 1 fully saturated rings. The zero-order valence-corrected chi connectivity index (χ0v) is 16.3. The number of aliphatic imine (C=N–C) groups is 1. The standard InChI is InChI=1S/C21H32N4O/c1-4-25-13-10-17(11-14-25)9-12-23-21(22-3)24-15-20-16(2)18-7-5-6-8-19(18)26-20/h5-8,17H,4,9-15H2,1-3H3,(H2,22,23,24). The van der Waals surface area contributed by atoms with Gasteiger partial charge in [0, 0.05) is 24.5 Å². The van der Waals surface area contributed by atoms with E-state index in [0.717, 1.165) is 29.8 Å². The minimum atomic E-state index is 0.648. The number of rotatable bonds is 6. The first-order valence-corrected chi connectivity index (χ1v) is 9.85. The molecule has 5 heteroatoms. The summed E-state index contributed by atoms with van der Waals surface area (Å²) in [5.41, 5.74) is 2.15. The third-order valence-electron chi connectivity index (χ3n) is 5.58. The van der Waals surface area contributed by atoms with Crippen LogP contribution >= 0.6 is 0 Å².